The number of carbonyl (C=O) groups is 1. The van der Waals surface area contributed by atoms with Crippen molar-refractivity contribution in [3.8, 4) is 17.2 Å². The Hall–Kier alpha value is -2.69. The molecule has 1 N–H and O–H groups in total. The number of aromatic hydroxyl groups is 1. The van der Waals surface area contributed by atoms with E-state index in [0.717, 1.165) is 36.6 Å². The normalized spacial score (nSPS) is 18.8. The third kappa shape index (κ3) is 2.89. The van der Waals surface area contributed by atoms with Crippen molar-refractivity contribution in [2.75, 3.05) is 19.9 Å². The number of amides is 1. The van der Waals surface area contributed by atoms with Crippen LogP contribution in [-0.4, -0.2) is 35.8 Å². The summed E-state index contributed by atoms with van der Waals surface area (Å²) in [5, 5.41) is 9.51. The summed E-state index contributed by atoms with van der Waals surface area (Å²) in [6.45, 7) is 1.76. The first-order valence-electron chi connectivity index (χ1n) is 8.14. The lowest BCUT2D eigenvalue weighted by atomic mass is 9.98. The molecule has 2 aromatic carbocycles. The van der Waals surface area contributed by atoms with E-state index in [2.05, 4.69) is 6.07 Å². The van der Waals surface area contributed by atoms with Crippen LogP contribution in [0.25, 0.3) is 0 Å². The summed E-state index contributed by atoms with van der Waals surface area (Å²) in [6, 6.07) is 12.9. The third-order valence-corrected chi connectivity index (χ3v) is 4.67. The van der Waals surface area contributed by atoms with Gasteiger partial charge in [-0.05, 0) is 41.8 Å². The summed E-state index contributed by atoms with van der Waals surface area (Å²) in [4.78, 5) is 14.4. The van der Waals surface area contributed by atoms with Gasteiger partial charge in [-0.15, -0.1) is 0 Å². The van der Waals surface area contributed by atoms with E-state index in [4.69, 9.17) is 9.47 Å². The van der Waals surface area contributed by atoms with E-state index >= 15 is 0 Å². The monoisotopic (exact) mass is 325 g/mol. The first-order chi connectivity index (χ1) is 11.7. The van der Waals surface area contributed by atoms with Gasteiger partial charge in [0.1, 0.15) is 5.75 Å². The molecule has 1 fully saturated rings. The zero-order valence-electron chi connectivity index (χ0n) is 13.3. The highest BCUT2D eigenvalue weighted by molar-refractivity contribution is 5.79. The van der Waals surface area contributed by atoms with E-state index in [1.807, 2.05) is 23.1 Å². The maximum Gasteiger partial charge on any atom is 0.231 e. The zero-order valence-corrected chi connectivity index (χ0v) is 13.3. The molecule has 0 aliphatic carbocycles. The van der Waals surface area contributed by atoms with Crippen LogP contribution in [0.4, 0.5) is 0 Å². The summed E-state index contributed by atoms with van der Waals surface area (Å²) in [6.07, 6.45) is 1.27. The number of fused-ring (bicyclic) bond motifs is 1. The molecule has 0 spiro atoms. The summed E-state index contributed by atoms with van der Waals surface area (Å²) in [7, 11) is 0. The molecule has 0 radical (unpaired) electrons. The highest BCUT2D eigenvalue weighted by Gasteiger charge is 2.28. The number of ether oxygens (including phenoxy) is 2. The van der Waals surface area contributed by atoms with Gasteiger partial charge >= 0.3 is 0 Å². The fourth-order valence-electron chi connectivity index (χ4n) is 3.38. The molecule has 0 unspecified atom stereocenters. The minimum Gasteiger partial charge on any atom is -0.508 e. The van der Waals surface area contributed by atoms with Crippen LogP contribution in [0.2, 0.25) is 0 Å². The van der Waals surface area contributed by atoms with Crippen molar-refractivity contribution < 1.29 is 19.4 Å². The predicted molar refractivity (Wildman–Crippen MR) is 88.3 cm³/mol. The molecule has 1 amide bonds. The molecule has 1 saturated heterocycles. The van der Waals surface area contributed by atoms with E-state index in [1.54, 1.807) is 18.2 Å². The fourth-order valence-corrected chi connectivity index (χ4v) is 3.38. The molecule has 24 heavy (non-hydrogen) atoms. The average molecular weight is 325 g/mol. The van der Waals surface area contributed by atoms with Gasteiger partial charge in [0.2, 0.25) is 12.7 Å². The van der Waals surface area contributed by atoms with Crippen molar-refractivity contribution in [2.45, 2.75) is 18.8 Å². The lowest BCUT2D eigenvalue weighted by molar-refractivity contribution is -0.129. The minimum atomic E-state index is 0.101. The van der Waals surface area contributed by atoms with Gasteiger partial charge in [0.15, 0.2) is 11.5 Å². The van der Waals surface area contributed by atoms with Crippen molar-refractivity contribution in [1.82, 2.24) is 4.90 Å². The van der Waals surface area contributed by atoms with Crippen LogP contribution in [0.15, 0.2) is 42.5 Å². The number of likely N-dealkylation sites (tertiary alicyclic amines) is 1. The molecule has 0 saturated carbocycles. The minimum absolute atomic E-state index is 0.101. The third-order valence-electron chi connectivity index (χ3n) is 4.67. The van der Waals surface area contributed by atoms with Crippen molar-refractivity contribution in [2.24, 2.45) is 0 Å². The zero-order chi connectivity index (χ0) is 16.5. The molecule has 1 atom stereocenters. The fraction of sp³-hybridized carbons (Fsp3) is 0.316. The smallest absolute Gasteiger partial charge is 0.231 e. The van der Waals surface area contributed by atoms with Crippen LogP contribution < -0.4 is 9.47 Å². The van der Waals surface area contributed by atoms with E-state index in [1.165, 1.54) is 5.56 Å². The topological polar surface area (TPSA) is 59.0 Å². The van der Waals surface area contributed by atoms with Crippen LogP contribution in [0.1, 0.15) is 23.5 Å². The Balaban J connectivity index is 1.41. The molecule has 2 heterocycles. The number of rotatable bonds is 3. The Bertz CT molecular complexity index is 774. The molecule has 5 nitrogen and oxygen atoms in total. The molecule has 2 aliphatic rings. The van der Waals surface area contributed by atoms with Crippen LogP contribution in [-0.2, 0) is 11.2 Å². The molecule has 124 valence electrons. The Morgan fingerprint density at radius 1 is 1.17 bits per heavy atom. The molecule has 2 aromatic rings. The number of benzene rings is 2. The highest BCUT2D eigenvalue weighted by atomic mass is 16.7. The standard InChI is InChI=1S/C19H19NO4/c21-16-3-1-2-13(8-16)9-19(22)20-7-6-15(11-20)14-4-5-17-18(10-14)24-12-23-17/h1-5,8,10,15,21H,6-7,9,11-12H2/t15-/m0/s1. The molecule has 2 aliphatic heterocycles. The van der Waals surface area contributed by atoms with Crippen LogP contribution >= 0.6 is 0 Å². The van der Waals surface area contributed by atoms with Crippen molar-refractivity contribution in [1.29, 1.82) is 0 Å². The molecular formula is C19H19NO4. The van der Waals surface area contributed by atoms with Gasteiger partial charge in [0, 0.05) is 19.0 Å². The quantitative estimate of drug-likeness (QED) is 0.942. The number of carbonyl (C=O) groups excluding carboxylic acids is 1. The second-order valence-electron chi connectivity index (χ2n) is 6.28. The summed E-state index contributed by atoms with van der Waals surface area (Å²) in [5.74, 6) is 2.20. The second kappa shape index (κ2) is 6.07. The summed E-state index contributed by atoms with van der Waals surface area (Å²) >= 11 is 0. The molecule has 0 bridgehead atoms. The van der Waals surface area contributed by atoms with Crippen LogP contribution in [0.5, 0.6) is 17.2 Å². The number of phenols is 1. The Morgan fingerprint density at radius 3 is 2.92 bits per heavy atom. The Kier molecular flexibility index (Phi) is 3.76. The van der Waals surface area contributed by atoms with Gasteiger partial charge in [-0.3, -0.25) is 4.79 Å². The maximum absolute atomic E-state index is 12.5. The largest absolute Gasteiger partial charge is 0.508 e. The van der Waals surface area contributed by atoms with Crippen LogP contribution in [0.3, 0.4) is 0 Å². The van der Waals surface area contributed by atoms with Gasteiger partial charge in [-0.1, -0.05) is 18.2 Å². The molecule has 4 rings (SSSR count). The van der Waals surface area contributed by atoms with E-state index in [-0.39, 0.29) is 18.4 Å². The first-order valence-corrected chi connectivity index (χ1v) is 8.14. The number of nitrogens with zero attached hydrogens (tertiary/aromatic N) is 1. The lowest BCUT2D eigenvalue weighted by Gasteiger charge is -2.17. The molecule has 5 heteroatoms. The highest BCUT2D eigenvalue weighted by Crippen LogP contribution is 2.37. The summed E-state index contributed by atoms with van der Waals surface area (Å²) in [5.41, 5.74) is 2.03. The van der Waals surface area contributed by atoms with Gasteiger partial charge in [-0.25, -0.2) is 0 Å². The van der Waals surface area contributed by atoms with Crippen molar-refractivity contribution >= 4 is 5.91 Å². The summed E-state index contributed by atoms with van der Waals surface area (Å²) < 4.78 is 10.8. The second-order valence-corrected chi connectivity index (χ2v) is 6.28. The number of hydrogen-bond acceptors (Lipinski definition) is 4. The predicted octanol–water partition coefficient (Wildman–Crippen LogP) is 2.68. The van der Waals surface area contributed by atoms with Crippen molar-refractivity contribution in [3.05, 3.63) is 53.6 Å². The molecule has 0 aromatic heterocycles. The van der Waals surface area contributed by atoms with Gasteiger partial charge < -0.3 is 19.5 Å². The van der Waals surface area contributed by atoms with Crippen LogP contribution in [0, 0.1) is 0 Å². The van der Waals surface area contributed by atoms with Gasteiger partial charge in [-0.2, -0.15) is 0 Å². The van der Waals surface area contributed by atoms with Crippen molar-refractivity contribution in [3.63, 3.8) is 0 Å². The average Bonchev–Trinajstić information content (AvgIpc) is 3.23. The Labute approximate surface area is 140 Å². The van der Waals surface area contributed by atoms with E-state index in [9.17, 15) is 9.90 Å². The van der Waals surface area contributed by atoms with Gasteiger partial charge in [0.25, 0.3) is 0 Å². The first kappa shape index (κ1) is 14.9. The number of hydrogen-bond donors (Lipinski definition) is 1. The molecular weight excluding hydrogens is 306 g/mol. The van der Waals surface area contributed by atoms with Gasteiger partial charge in [0.05, 0.1) is 6.42 Å². The lowest BCUT2D eigenvalue weighted by Crippen LogP contribution is -2.29. The van der Waals surface area contributed by atoms with E-state index in [0.29, 0.717) is 12.3 Å². The number of phenolic OH excluding ortho intramolecular Hbond substituents is 1. The Morgan fingerprint density at radius 2 is 2.04 bits per heavy atom. The maximum atomic E-state index is 12.5. The van der Waals surface area contributed by atoms with E-state index < -0.39 is 0 Å². The SMILES string of the molecule is O=C(Cc1cccc(O)c1)N1CC[C@H](c2ccc3c(c2)OCO3)C1.